The van der Waals surface area contributed by atoms with Crippen LogP contribution >= 0.6 is 11.6 Å². The molecular weight excluding hydrogens is 332 g/mol. The summed E-state index contributed by atoms with van der Waals surface area (Å²) in [6.07, 6.45) is -8.53. The van der Waals surface area contributed by atoms with E-state index in [4.69, 9.17) is 11.6 Å². The first-order chi connectivity index (χ1) is 10.1. The lowest BCUT2D eigenvalue weighted by Crippen LogP contribution is -2.52. The molecule has 0 radical (unpaired) electrons. The smallest absolute Gasteiger partial charge is 0.481 e. The maximum absolute atomic E-state index is 13.2. The number of alkyl halides is 4. The standard InChI is InChI=1S/C13H9ClF4O4/c14-7-5-9-8(21-12(15,16)13(17,18)22-9)4-6(7)11(10(19)20)2-1-3-11/h4-5H,1-3H2,(H,19,20). The summed E-state index contributed by atoms with van der Waals surface area (Å²) in [5.74, 6) is -2.48. The number of carbonyl (C=O) groups is 1. The molecule has 1 heterocycles. The van der Waals surface area contributed by atoms with E-state index in [1.165, 1.54) is 0 Å². The average molecular weight is 341 g/mol. The van der Waals surface area contributed by atoms with Crippen molar-refractivity contribution in [2.75, 3.05) is 0 Å². The normalized spacial score (nSPS) is 23.5. The maximum atomic E-state index is 13.2. The van der Waals surface area contributed by atoms with Gasteiger partial charge in [-0.05, 0) is 24.5 Å². The highest BCUT2D eigenvalue weighted by atomic mass is 35.5. The highest BCUT2D eigenvalue weighted by molar-refractivity contribution is 6.32. The van der Waals surface area contributed by atoms with Gasteiger partial charge in [0.25, 0.3) is 0 Å². The molecular formula is C13H9ClF4O4. The van der Waals surface area contributed by atoms with Crippen molar-refractivity contribution in [3.8, 4) is 11.5 Å². The molecule has 2 aliphatic rings. The Labute approximate surface area is 126 Å². The van der Waals surface area contributed by atoms with Crippen molar-refractivity contribution in [1.29, 1.82) is 0 Å². The number of hydrogen-bond donors (Lipinski definition) is 1. The fraction of sp³-hybridized carbons (Fsp3) is 0.462. The Morgan fingerprint density at radius 2 is 1.59 bits per heavy atom. The zero-order valence-corrected chi connectivity index (χ0v) is 11.6. The van der Waals surface area contributed by atoms with Gasteiger partial charge >= 0.3 is 18.2 Å². The van der Waals surface area contributed by atoms with Crippen molar-refractivity contribution in [3.63, 3.8) is 0 Å². The second kappa shape index (κ2) is 4.41. The number of aliphatic carboxylic acids is 1. The first kappa shape index (κ1) is 15.2. The molecule has 0 aromatic heterocycles. The van der Waals surface area contributed by atoms with Crippen LogP contribution in [0.1, 0.15) is 24.8 Å². The first-order valence-electron chi connectivity index (χ1n) is 6.30. The summed E-state index contributed by atoms with van der Waals surface area (Å²) >= 11 is 5.94. The summed E-state index contributed by atoms with van der Waals surface area (Å²) in [6.45, 7) is 0. The fourth-order valence-corrected chi connectivity index (χ4v) is 2.92. The van der Waals surface area contributed by atoms with E-state index >= 15 is 0 Å². The van der Waals surface area contributed by atoms with Gasteiger partial charge in [0.1, 0.15) is 0 Å². The highest BCUT2D eigenvalue weighted by Crippen LogP contribution is 2.53. The molecule has 9 heteroatoms. The van der Waals surface area contributed by atoms with Crippen LogP contribution < -0.4 is 9.47 Å². The van der Waals surface area contributed by atoms with Crippen molar-refractivity contribution in [2.24, 2.45) is 0 Å². The second-order valence-corrected chi connectivity index (χ2v) is 5.66. The number of ether oxygens (including phenoxy) is 2. The van der Waals surface area contributed by atoms with Gasteiger partial charge in [0.05, 0.1) is 5.41 Å². The Balaban J connectivity index is 2.10. The third-order valence-electron chi connectivity index (χ3n) is 3.98. The monoisotopic (exact) mass is 340 g/mol. The molecule has 0 spiro atoms. The number of carboxylic acids is 1. The highest BCUT2D eigenvalue weighted by Gasteiger charge is 2.66. The molecule has 1 aromatic rings. The van der Waals surface area contributed by atoms with Gasteiger partial charge in [0, 0.05) is 11.1 Å². The number of halogens is 5. The predicted octanol–water partition coefficient (Wildman–Crippen LogP) is 3.80. The van der Waals surface area contributed by atoms with Gasteiger partial charge in [-0.2, -0.15) is 17.6 Å². The lowest BCUT2D eigenvalue weighted by atomic mass is 9.64. The van der Waals surface area contributed by atoms with E-state index in [1.807, 2.05) is 0 Å². The Bertz CT molecular complexity index is 658. The lowest BCUT2D eigenvalue weighted by Gasteiger charge is -2.39. The third kappa shape index (κ3) is 1.93. The van der Waals surface area contributed by atoms with Crippen LogP contribution in [-0.2, 0) is 10.2 Å². The first-order valence-corrected chi connectivity index (χ1v) is 6.68. The minimum absolute atomic E-state index is 0.0521. The Kier molecular flexibility index (Phi) is 3.05. The number of carboxylic acid groups (broad SMARTS) is 1. The molecule has 0 amide bonds. The number of hydrogen-bond acceptors (Lipinski definition) is 3. The van der Waals surface area contributed by atoms with E-state index in [1.54, 1.807) is 0 Å². The summed E-state index contributed by atoms with van der Waals surface area (Å²) in [5, 5.41) is 9.20. The topological polar surface area (TPSA) is 55.8 Å². The molecule has 0 unspecified atom stereocenters. The van der Waals surface area contributed by atoms with Gasteiger partial charge in [-0.3, -0.25) is 4.79 Å². The summed E-state index contributed by atoms with van der Waals surface area (Å²) in [5.41, 5.74) is -1.26. The van der Waals surface area contributed by atoms with Crippen LogP contribution in [0, 0.1) is 0 Å². The minimum Gasteiger partial charge on any atom is -0.481 e. The molecule has 1 N–H and O–H groups in total. The van der Waals surface area contributed by atoms with Gasteiger partial charge in [-0.1, -0.05) is 18.0 Å². The number of benzene rings is 1. The lowest BCUT2D eigenvalue weighted by molar-refractivity contribution is -0.391. The van der Waals surface area contributed by atoms with Crippen molar-refractivity contribution >= 4 is 17.6 Å². The number of fused-ring (bicyclic) bond motifs is 1. The summed E-state index contributed by atoms with van der Waals surface area (Å²) in [4.78, 5) is 11.5. The van der Waals surface area contributed by atoms with E-state index in [2.05, 4.69) is 9.47 Å². The zero-order valence-electron chi connectivity index (χ0n) is 10.8. The van der Waals surface area contributed by atoms with E-state index in [9.17, 15) is 27.5 Å². The van der Waals surface area contributed by atoms with Crippen molar-refractivity contribution in [1.82, 2.24) is 0 Å². The van der Waals surface area contributed by atoms with Crippen LogP contribution in [0.2, 0.25) is 5.02 Å². The third-order valence-corrected chi connectivity index (χ3v) is 4.29. The van der Waals surface area contributed by atoms with Crippen LogP contribution in [0.15, 0.2) is 12.1 Å². The average Bonchev–Trinajstić information content (AvgIpc) is 2.30. The largest absolute Gasteiger partial charge is 0.507 e. The van der Waals surface area contributed by atoms with E-state index in [0.717, 1.165) is 12.1 Å². The summed E-state index contributed by atoms with van der Waals surface area (Å²) in [7, 11) is 0. The summed E-state index contributed by atoms with van der Waals surface area (Å²) in [6, 6.07) is 1.81. The van der Waals surface area contributed by atoms with Crippen LogP contribution in [0.4, 0.5) is 17.6 Å². The second-order valence-electron chi connectivity index (χ2n) is 5.26. The van der Waals surface area contributed by atoms with Crippen LogP contribution in [0.3, 0.4) is 0 Å². The minimum atomic E-state index is -4.86. The van der Waals surface area contributed by atoms with Crippen LogP contribution in [0.25, 0.3) is 0 Å². The predicted molar refractivity (Wildman–Crippen MR) is 65.8 cm³/mol. The van der Waals surface area contributed by atoms with Crippen LogP contribution in [-0.4, -0.2) is 23.3 Å². The maximum Gasteiger partial charge on any atom is 0.507 e. The quantitative estimate of drug-likeness (QED) is 0.832. The molecule has 1 aromatic carbocycles. The van der Waals surface area contributed by atoms with Gasteiger partial charge in [0.2, 0.25) is 0 Å². The van der Waals surface area contributed by atoms with Gasteiger partial charge in [-0.15, -0.1) is 0 Å². The van der Waals surface area contributed by atoms with Crippen molar-refractivity contribution in [3.05, 3.63) is 22.7 Å². The van der Waals surface area contributed by atoms with Gasteiger partial charge in [-0.25, -0.2) is 0 Å². The van der Waals surface area contributed by atoms with Gasteiger partial charge < -0.3 is 14.6 Å². The molecule has 1 aliphatic carbocycles. The molecule has 3 rings (SSSR count). The molecule has 1 fully saturated rings. The number of rotatable bonds is 2. The molecule has 4 nitrogen and oxygen atoms in total. The van der Waals surface area contributed by atoms with E-state index < -0.39 is 35.1 Å². The van der Waals surface area contributed by atoms with Crippen LogP contribution in [0.5, 0.6) is 11.5 Å². The molecule has 0 saturated heterocycles. The van der Waals surface area contributed by atoms with Gasteiger partial charge in [0.15, 0.2) is 11.5 Å². The van der Waals surface area contributed by atoms with E-state index in [-0.39, 0.29) is 23.4 Å². The SMILES string of the molecule is O=C(O)C1(c2cc3c(cc2Cl)OC(F)(F)C(F)(F)O3)CCC1. The molecule has 1 saturated carbocycles. The molecule has 0 bridgehead atoms. The summed E-state index contributed by atoms with van der Waals surface area (Å²) < 4.78 is 60.6. The van der Waals surface area contributed by atoms with Crippen molar-refractivity contribution < 1.29 is 36.9 Å². The molecule has 120 valence electrons. The zero-order chi connectivity index (χ0) is 16.3. The Morgan fingerprint density at radius 3 is 2.00 bits per heavy atom. The van der Waals surface area contributed by atoms with E-state index in [0.29, 0.717) is 6.42 Å². The Hall–Kier alpha value is -1.70. The molecule has 22 heavy (non-hydrogen) atoms. The molecule has 0 atom stereocenters. The van der Waals surface area contributed by atoms with Crippen molar-refractivity contribution in [2.45, 2.75) is 36.9 Å². The molecule has 1 aliphatic heterocycles. The Morgan fingerprint density at radius 1 is 1.09 bits per heavy atom. The fourth-order valence-electron chi connectivity index (χ4n) is 2.59.